The summed E-state index contributed by atoms with van der Waals surface area (Å²) in [6.45, 7) is -0.200. The summed E-state index contributed by atoms with van der Waals surface area (Å²) < 4.78 is 24.4. The number of fused-ring (bicyclic) bond motifs is 1. The number of oxazole rings is 1. The van der Waals surface area contributed by atoms with Gasteiger partial charge in [-0.15, -0.1) is 0 Å². The van der Waals surface area contributed by atoms with Crippen molar-refractivity contribution in [2.45, 2.75) is 0 Å². The van der Waals surface area contributed by atoms with Gasteiger partial charge in [-0.1, -0.05) is 24.3 Å². The minimum absolute atomic E-state index is 0.200. The molecule has 0 radical (unpaired) electrons. The van der Waals surface area contributed by atoms with Gasteiger partial charge >= 0.3 is 0 Å². The van der Waals surface area contributed by atoms with Crippen LogP contribution in [0.25, 0.3) is 22.6 Å². The Hall–Kier alpha value is -3.67. The molecular weight excluding hydrogens is 347 g/mol. The molecule has 0 fully saturated rings. The lowest BCUT2D eigenvalue weighted by Gasteiger charge is -2.10. The SMILES string of the molecule is O=C(COc1ccccc1-c1nc2ccccc2o1)Nc1ccc(F)cc1. The zero-order chi connectivity index (χ0) is 18.6. The summed E-state index contributed by atoms with van der Waals surface area (Å²) in [6, 6.07) is 20.2. The summed E-state index contributed by atoms with van der Waals surface area (Å²) in [4.78, 5) is 16.6. The Balaban J connectivity index is 1.49. The molecule has 0 aliphatic carbocycles. The molecule has 0 unspecified atom stereocenters. The summed E-state index contributed by atoms with van der Waals surface area (Å²) in [5, 5.41) is 2.65. The van der Waals surface area contributed by atoms with Gasteiger partial charge in [-0.25, -0.2) is 9.37 Å². The van der Waals surface area contributed by atoms with E-state index < -0.39 is 0 Å². The Kier molecular flexibility index (Phi) is 4.53. The van der Waals surface area contributed by atoms with Gasteiger partial charge in [0, 0.05) is 5.69 Å². The second-order valence-electron chi connectivity index (χ2n) is 5.83. The predicted molar refractivity (Wildman–Crippen MR) is 100.0 cm³/mol. The van der Waals surface area contributed by atoms with E-state index in [1.54, 1.807) is 12.1 Å². The molecule has 0 aliphatic heterocycles. The summed E-state index contributed by atoms with van der Waals surface area (Å²) >= 11 is 0. The molecule has 1 N–H and O–H groups in total. The van der Waals surface area contributed by atoms with Crippen LogP contribution < -0.4 is 10.1 Å². The van der Waals surface area contributed by atoms with Gasteiger partial charge in [0.05, 0.1) is 5.56 Å². The highest BCUT2D eigenvalue weighted by molar-refractivity contribution is 5.92. The van der Waals surface area contributed by atoms with Crippen molar-refractivity contribution in [2.24, 2.45) is 0 Å². The van der Waals surface area contributed by atoms with Crippen LogP contribution in [0.3, 0.4) is 0 Å². The van der Waals surface area contributed by atoms with E-state index in [1.807, 2.05) is 36.4 Å². The van der Waals surface area contributed by atoms with Gasteiger partial charge in [-0.05, 0) is 48.5 Å². The Morgan fingerprint density at radius 1 is 1.00 bits per heavy atom. The zero-order valence-corrected chi connectivity index (χ0v) is 14.2. The fourth-order valence-electron chi connectivity index (χ4n) is 2.63. The van der Waals surface area contributed by atoms with E-state index in [1.165, 1.54) is 24.3 Å². The number of hydrogen-bond acceptors (Lipinski definition) is 4. The first-order valence-electron chi connectivity index (χ1n) is 8.32. The molecule has 0 spiro atoms. The van der Waals surface area contributed by atoms with Gasteiger partial charge < -0.3 is 14.5 Å². The van der Waals surface area contributed by atoms with Crippen molar-refractivity contribution in [3.8, 4) is 17.2 Å². The van der Waals surface area contributed by atoms with E-state index in [9.17, 15) is 9.18 Å². The summed E-state index contributed by atoms with van der Waals surface area (Å²) in [5.74, 6) is 0.189. The molecule has 4 rings (SSSR count). The molecule has 0 atom stereocenters. The Labute approximate surface area is 154 Å². The number of aromatic nitrogens is 1. The van der Waals surface area contributed by atoms with Crippen LogP contribution in [0.5, 0.6) is 5.75 Å². The molecule has 0 aliphatic rings. The maximum atomic E-state index is 12.9. The summed E-state index contributed by atoms with van der Waals surface area (Å²) in [5.41, 5.74) is 2.58. The van der Waals surface area contributed by atoms with Gasteiger partial charge in [0.2, 0.25) is 5.89 Å². The van der Waals surface area contributed by atoms with Crippen LogP contribution in [0.1, 0.15) is 0 Å². The smallest absolute Gasteiger partial charge is 0.262 e. The zero-order valence-electron chi connectivity index (χ0n) is 14.2. The lowest BCUT2D eigenvalue weighted by Crippen LogP contribution is -2.20. The van der Waals surface area contributed by atoms with Crippen molar-refractivity contribution >= 4 is 22.7 Å². The van der Waals surface area contributed by atoms with E-state index in [-0.39, 0.29) is 18.3 Å². The number of carbonyl (C=O) groups is 1. The van der Waals surface area contributed by atoms with Gasteiger partial charge in [0.25, 0.3) is 5.91 Å². The highest BCUT2D eigenvalue weighted by atomic mass is 19.1. The normalized spacial score (nSPS) is 10.7. The highest BCUT2D eigenvalue weighted by Crippen LogP contribution is 2.31. The van der Waals surface area contributed by atoms with Crippen molar-refractivity contribution in [3.05, 3.63) is 78.6 Å². The summed E-state index contributed by atoms with van der Waals surface area (Å²) in [6.07, 6.45) is 0. The first kappa shape index (κ1) is 16.8. The number of carbonyl (C=O) groups excluding carboxylic acids is 1. The third-order valence-electron chi connectivity index (χ3n) is 3.90. The van der Waals surface area contributed by atoms with E-state index >= 15 is 0 Å². The minimum Gasteiger partial charge on any atom is -0.483 e. The molecule has 27 heavy (non-hydrogen) atoms. The molecule has 0 saturated heterocycles. The van der Waals surface area contributed by atoms with E-state index in [2.05, 4.69) is 10.3 Å². The number of halogens is 1. The Bertz CT molecular complexity index is 1060. The number of nitrogens with one attached hydrogen (secondary N) is 1. The maximum Gasteiger partial charge on any atom is 0.262 e. The molecule has 0 bridgehead atoms. The molecule has 134 valence electrons. The van der Waals surface area contributed by atoms with Crippen LogP contribution in [-0.4, -0.2) is 17.5 Å². The molecular formula is C21H15FN2O3. The second-order valence-corrected chi connectivity index (χ2v) is 5.83. The van der Waals surface area contributed by atoms with Gasteiger partial charge in [-0.3, -0.25) is 4.79 Å². The number of ether oxygens (including phenoxy) is 1. The van der Waals surface area contributed by atoms with Crippen LogP contribution in [-0.2, 0) is 4.79 Å². The first-order valence-corrected chi connectivity index (χ1v) is 8.32. The molecule has 1 heterocycles. The molecule has 1 amide bonds. The predicted octanol–water partition coefficient (Wildman–Crippen LogP) is 4.65. The fourth-order valence-corrected chi connectivity index (χ4v) is 2.63. The lowest BCUT2D eigenvalue weighted by molar-refractivity contribution is -0.118. The first-order chi connectivity index (χ1) is 13.2. The Morgan fingerprint density at radius 3 is 2.56 bits per heavy atom. The van der Waals surface area contributed by atoms with Crippen molar-refractivity contribution in [3.63, 3.8) is 0 Å². The maximum absolute atomic E-state index is 12.9. The van der Waals surface area contributed by atoms with Crippen molar-refractivity contribution < 1.29 is 18.3 Å². The fraction of sp³-hybridized carbons (Fsp3) is 0.0476. The largest absolute Gasteiger partial charge is 0.483 e. The van der Waals surface area contributed by atoms with E-state index in [0.717, 1.165) is 5.52 Å². The molecule has 4 aromatic rings. The second kappa shape index (κ2) is 7.29. The molecule has 6 heteroatoms. The van der Waals surface area contributed by atoms with Gasteiger partial charge in [0.1, 0.15) is 17.1 Å². The van der Waals surface area contributed by atoms with Crippen molar-refractivity contribution in [1.82, 2.24) is 4.98 Å². The van der Waals surface area contributed by atoms with E-state index in [0.29, 0.717) is 28.5 Å². The van der Waals surface area contributed by atoms with Crippen LogP contribution in [0.2, 0.25) is 0 Å². The number of rotatable bonds is 5. The molecule has 0 saturated carbocycles. The Morgan fingerprint density at radius 2 is 1.74 bits per heavy atom. The highest BCUT2D eigenvalue weighted by Gasteiger charge is 2.14. The monoisotopic (exact) mass is 362 g/mol. The molecule has 3 aromatic carbocycles. The standard InChI is InChI=1S/C21H15FN2O3/c22-14-9-11-15(12-10-14)23-20(25)13-26-18-7-3-1-5-16(18)21-24-17-6-2-4-8-19(17)27-21/h1-12H,13H2,(H,23,25). The minimum atomic E-state index is -0.364. The average Bonchev–Trinajstić information content (AvgIpc) is 3.12. The van der Waals surface area contributed by atoms with Crippen LogP contribution in [0.15, 0.2) is 77.2 Å². The van der Waals surface area contributed by atoms with Gasteiger partial charge in [0.15, 0.2) is 12.2 Å². The number of benzene rings is 3. The van der Waals surface area contributed by atoms with Crippen molar-refractivity contribution in [1.29, 1.82) is 0 Å². The average molecular weight is 362 g/mol. The number of para-hydroxylation sites is 3. The quantitative estimate of drug-likeness (QED) is 0.561. The number of nitrogens with zero attached hydrogens (tertiary/aromatic N) is 1. The van der Waals surface area contributed by atoms with Crippen molar-refractivity contribution in [2.75, 3.05) is 11.9 Å². The molecule has 1 aromatic heterocycles. The lowest BCUT2D eigenvalue weighted by atomic mass is 10.2. The van der Waals surface area contributed by atoms with Crippen LogP contribution >= 0.6 is 0 Å². The van der Waals surface area contributed by atoms with Crippen LogP contribution in [0.4, 0.5) is 10.1 Å². The summed E-state index contributed by atoms with van der Waals surface area (Å²) in [7, 11) is 0. The number of anilines is 1. The topological polar surface area (TPSA) is 64.4 Å². The van der Waals surface area contributed by atoms with Crippen LogP contribution in [0, 0.1) is 5.82 Å². The van der Waals surface area contributed by atoms with E-state index in [4.69, 9.17) is 9.15 Å². The van der Waals surface area contributed by atoms with Gasteiger partial charge in [-0.2, -0.15) is 0 Å². The third-order valence-corrected chi connectivity index (χ3v) is 3.90. The number of hydrogen-bond donors (Lipinski definition) is 1. The molecule has 5 nitrogen and oxygen atoms in total. The third kappa shape index (κ3) is 3.79. The number of amides is 1.